The summed E-state index contributed by atoms with van der Waals surface area (Å²) < 4.78 is 5.02. The van der Waals surface area contributed by atoms with Crippen LogP contribution in [0.1, 0.15) is 29.9 Å². The van der Waals surface area contributed by atoms with Crippen molar-refractivity contribution in [3.8, 4) is 0 Å². The van der Waals surface area contributed by atoms with Gasteiger partial charge in [0.2, 0.25) is 0 Å². The summed E-state index contributed by atoms with van der Waals surface area (Å²) in [6, 6.07) is 1.87. The van der Waals surface area contributed by atoms with E-state index in [4.69, 9.17) is 10.5 Å². The summed E-state index contributed by atoms with van der Waals surface area (Å²) in [5.74, 6) is 0. The molecule has 0 amide bonds. The van der Waals surface area contributed by atoms with Crippen molar-refractivity contribution in [2.45, 2.75) is 26.3 Å². The van der Waals surface area contributed by atoms with Crippen molar-refractivity contribution < 1.29 is 4.74 Å². The number of nitrogens with two attached hydrogens (primary N) is 1. The minimum atomic E-state index is -0.107. The molecule has 1 rings (SSSR count). The lowest BCUT2D eigenvalue weighted by Crippen LogP contribution is -2.19. The molecule has 4 nitrogen and oxygen atoms in total. The number of aromatic nitrogens is 2. The molecule has 0 fully saturated rings. The maximum absolute atomic E-state index is 5.96. The largest absolute Gasteiger partial charge is 0.383 e. The van der Waals surface area contributed by atoms with Crippen molar-refractivity contribution in [3.63, 3.8) is 0 Å². The molecule has 1 aromatic rings. The SMILES string of the molecule is CCc1nnc(C)cc1C(N)COC. The minimum Gasteiger partial charge on any atom is -0.383 e. The van der Waals surface area contributed by atoms with Gasteiger partial charge in [0.05, 0.1) is 24.0 Å². The van der Waals surface area contributed by atoms with Gasteiger partial charge < -0.3 is 10.5 Å². The highest BCUT2D eigenvalue weighted by Crippen LogP contribution is 2.15. The third-order valence-corrected chi connectivity index (χ3v) is 2.11. The van der Waals surface area contributed by atoms with E-state index in [0.717, 1.165) is 23.4 Å². The molecule has 4 heteroatoms. The Kier molecular flexibility index (Phi) is 3.98. The number of methoxy groups -OCH3 is 1. The normalized spacial score (nSPS) is 12.9. The Hall–Kier alpha value is -1.00. The molecule has 0 radical (unpaired) electrons. The first-order valence-electron chi connectivity index (χ1n) is 4.76. The third kappa shape index (κ3) is 2.49. The van der Waals surface area contributed by atoms with Crippen LogP contribution in [0.15, 0.2) is 6.07 Å². The van der Waals surface area contributed by atoms with E-state index >= 15 is 0 Å². The van der Waals surface area contributed by atoms with Crippen molar-refractivity contribution in [3.05, 3.63) is 23.0 Å². The fourth-order valence-electron chi connectivity index (χ4n) is 1.40. The van der Waals surface area contributed by atoms with Crippen LogP contribution in [0, 0.1) is 6.92 Å². The molecule has 78 valence electrons. The monoisotopic (exact) mass is 195 g/mol. The average Bonchev–Trinajstić information content (AvgIpc) is 2.18. The topological polar surface area (TPSA) is 61.0 Å². The molecule has 0 aromatic carbocycles. The van der Waals surface area contributed by atoms with E-state index in [1.54, 1.807) is 7.11 Å². The van der Waals surface area contributed by atoms with Gasteiger partial charge >= 0.3 is 0 Å². The molecular weight excluding hydrogens is 178 g/mol. The fourth-order valence-corrected chi connectivity index (χ4v) is 1.40. The molecular formula is C10H17N3O. The van der Waals surface area contributed by atoms with Crippen LogP contribution in [0.25, 0.3) is 0 Å². The Bertz CT molecular complexity index is 301. The highest BCUT2D eigenvalue weighted by atomic mass is 16.5. The number of hydrogen-bond acceptors (Lipinski definition) is 4. The zero-order valence-corrected chi connectivity index (χ0v) is 8.95. The number of aryl methyl sites for hydroxylation is 2. The van der Waals surface area contributed by atoms with Crippen LogP contribution in [0.4, 0.5) is 0 Å². The molecule has 0 aliphatic carbocycles. The molecule has 1 aromatic heterocycles. The average molecular weight is 195 g/mol. The van der Waals surface area contributed by atoms with Crippen molar-refractivity contribution in [2.75, 3.05) is 13.7 Å². The van der Waals surface area contributed by atoms with Crippen molar-refractivity contribution in [2.24, 2.45) is 5.73 Å². The molecule has 1 unspecified atom stereocenters. The van der Waals surface area contributed by atoms with Gasteiger partial charge in [0, 0.05) is 7.11 Å². The lowest BCUT2D eigenvalue weighted by Gasteiger charge is -2.13. The van der Waals surface area contributed by atoms with E-state index in [0.29, 0.717) is 6.61 Å². The second-order valence-corrected chi connectivity index (χ2v) is 3.30. The Morgan fingerprint density at radius 2 is 2.21 bits per heavy atom. The van der Waals surface area contributed by atoms with Gasteiger partial charge in [-0.05, 0) is 25.0 Å². The Balaban J connectivity index is 2.97. The summed E-state index contributed by atoms with van der Waals surface area (Å²) in [7, 11) is 1.65. The number of hydrogen-bond donors (Lipinski definition) is 1. The van der Waals surface area contributed by atoms with Gasteiger partial charge in [-0.1, -0.05) is 6.92 Å². The summed E-state index contributed by atoms with van der Waals surface area (Å²) >= 11 is 0. The first-order valence-corrected chi connectivity index (χ1v) is 4.76. The molecule has 0 aliphatic heterocycles. The predicted molar refractivity (Wildman–Crippen MR) is 55.0 cm³/mol. The van der Waals surface area contributed by atoms with Crippen LogP contribution in [0.3, 0.4) is 0 Å². The lowest BCUT2D eigenvalue weighted by molar-refractivity contribution is 0.180. The van der Waals surface area contributed by atoms with Gasteiger partial charge in [-0.25, -0.2) is 0 Å². The molecule has 0 aliphatic rings. The summed E-state index contributed by atoms with van der Waals surface area (Å²) in [5, 5.41) is 8.12. The highest BCUT2D eigenvalue weighted by molar-refractivity contribution is 5.24. The Labute approximate surface area is 84.5 Å². The second kappa shape index (κ2) is 5.02. The van der Waals surface area contributed by atoms with E-state index in [9.17, 15) is 0 Å². The van der Waals surface area contributed by atoms with Crippen molar-refractivity contribution in [1.82, 2.24) is 10.2 Å². The van der Waals surface area contributed by atoms with Crippen LogP contribution >= 0.6 is 0 Å². The molecule has 0 saturated heterocycles. The van der Waals surface area contributed by atoms with Gasteiger partial charge in [0.1, 0.15) is 0 Å². The maximum atomic E-state index is 5.96. The predicted octanol–water partition coefficient (Wildman–Crippen LogP) is 0.994. The van der Waals surface area contributed by atoms with Gasteiger partial charge in [-0.3, -0.25) is 0 Å². The van der Waals surface area contributed by atoms with Gasteiger partial charge in [-0.2, -0.15) is 10.2 Å². The number of ether oxygens (including phenoxy) is 1. The number of nitrogens with zero attached hydrogens (tertiary/aromatic N) is 2. The van der Waals surface area contributed by atoms with Crippen LogP contribution in [0.5, 0.6) is 0 Å². The van der Waals surface area contributed by atoms with Crippen LogP contribution in [-0.4, -0.2) is 23.9 Å². The summed E-state index contributed by atoms with van der Waals surface area (Å²) in [5.41, 5.74) is 8.85. The Morgan fingerprint density at radius 3 is 2.79 bits per heavy atom. The maximum Gasteiger partial charge on any atom is 0.0677 e. The van der Waals surface area contributed by atoms with Crippen molar-refractivity contribution >= 4 is 0 Å². The summed E-state index contributed by atoms with van der Waals surface area (Å²) in [6.45, 7) is 4.47. The van der Waals surface area contributed by atoms with E-state index < -0.39 is 0 Å². The zero-order valence-electron chi connectivity index (χ0n) is 8.95. The number of rotatable bonds is 4. The smallest absolute Gasteiger partial charge is 0.0677 e. The lowest BCUT2D eigenvalue weighted by atomic mass is 10.0. The van der Waals surface area contributed by atoms with E-state index in [1.165, 1.54) is 0 Å². The Morgan fingerprint density at radius 1 is 1.50 bits per heavy atom. The first-order chi connectivity index (χ1) is 6.69. The first kappa shape index (κ1) is 11.1. The van der Waals surface area contributed by atoms with E-state index in [2.05, 4.69) is 10.2 Å². The second-order valence-electron chi connectivity index (χ2n) is 3.30. The zero-order chi connectivity index (χ0) is 10.6. The van der Waals surface area contributed by atoms with E-state index in [1.807, 2.05) is 19.9 Å². The standard InChI is InChI=1S/C10H17N3O/c1-4-10-8(9(11)6-14-3)5-7(2)12-13-10/h5,9H,4,6,11H2,1-3H3. The summed E-state index contributed by atoms with van der Waals surface area (Å²) in [4.78, 5) is 0. The molecule has 2 N–H and O–H groups in total. The molecule has 14 heavy (non-hydrogen) atoms. The molecule has 1 heterocycles. The molecule has 0 spiro atoms. The van der Waals surface area contributed by atoms with Crippen molar-refractivity contribution in [1.29, 1.82) is 0 Å². The van der Waals surface area contributed by atoms with Gasteiger partial charge in [0.25, 0.3) is 0 Å². The van der Waals surface area contributed by atoms with Gasteiger partial charge in [0.15, 0.2) is 0 Å². The quantitative estimate of drug-likeness (QED) is 0.778. The molecule has 1 atom stereocenters. The van der Waals surface area contributed by atoms with Crippen LogP contribution in [0.2, 0.25) is 0 Å². The van der Waals surface area contributed by atoms with Crippen LogP contribution in [-0.2, 0) is 11.2 Å². The fraction of sp³-hybridized carbons (Fsp3) is 0.600. The molecule has 0 bridgehead atoms. The summed E-state index contributed by atoms with van der Waals surface area (Å²) in [6.07, 6.45) is 0.847. The van der Waals surface area contributed by atoms with E-state index in [-0.39, 0.29) is 6.04 Å². The van der Waals surface area contributed by atoms with Gasteiger partial charge in [-0.15, -0.1) is 0 Å². The highest BCUT2D eigenvalue weighted by Gasteiger charge is 2.11. The minimum absolute atomic E-state index is 0.107. The molecule has 0 saturated carbocycles. The third-order valence-electron chi connectivity index (χ3n) is 2.11. The van der Waals surface area contributed by atoms with Crippen LogP contribution < -0.4 is 5.73 Å².